The number of nitrogens with two attached hydrogens (primary N) is 1. The number of anilines is 2. The van der Waals surface area contributed by atoms with E-state index >= 15 is 0 Å². The Hall–Kier alpha value is -1.40. The molecule has 0 saturated heterocycles. The summed E-state index contributed by atoms with van der Waals surface area (Å²) >= 11 is 0. The predicted octanol–water partition coefficient (Wildman–Crippen LogP) is 0.543. The number of hydrazine groups is 1. The van der Waals surface area contributed by atoms with Crippen LogP contribution in [0.3, 0.4) is 0 Å². The van der Waals surface area contributed by atoms with Gasteiger partial charge in [0.05, 0.1) is 6.61 Å². The molecule has 0 aliphatic carbocycles. The maximum atomic E-state index is 5.33. The summed E-state index contributed by atoms with van der Waals surface area (Å²) in [5.41, 5.74) is 2.52. The van der Waals surface area contributed by atoms with Gasteiger partial charge >= 0.3 is 0 Å². The number of hydrogen-bond donors (Lipinski definition) is 2. The van der Waals surface area contributed by atoms with Gasteiger partial charge in [-0.2, -0.15) is 0 Å². The van der Waals surface area contributed by atoms with Crippen molar-refractivity contribution in [1.29, 1.82) is 0 Å². The van der Waals surface area contributed by atoms with E-state index in [9.17, 15) is 0 Å². The van der Waals surface area contributed by atoms with E-state index in [4.69, 9.17) is 10.6 Å². The van der Waals surface area contributed by atoms with E-state index in [-0.39, 0.29) is 0 Å². The molecule has 0 amide bonds. The van der Waals surface area contributed by atoms with Crippen molar-refractivity contribution in [3.05, 3.63) is 11.9 Å². The van der Waals surface area contributed by atoms with Crippen molar-refractivity contribution in [2.24, 2.45) is 5.84 Å². The molecule has 0 spiro atoms. The molecule has 0 saturated carbocycles. The first-order valence-corrected chi connectivity index (χ1v) is 5.28. The second-order valence-electron chi connectivity index (χ2n) is 3.42. The maximum Gasteiger partial charge on any atom is 0.145 e. The van der Waals surface area contributed by atoms with Gasteiger partial charge in [0.2, 0.25) is 0 Å². The third-order valence-electron chi connectivity index (χ3n) is 2.14. The van der Waals surface area contributed by atoms with Crippen molar-refractivity contribution in [2.45, 2.75) is 13.8 Å². The molecule has 6 heteroatoms. The van der Waals surface area contributed by atoms with E-state index in [2.05, 4.69) is 15.4 Å². The van der Waals surface area contributed by atoms with Crippen molar-refractivity contribution < 1.29 is 4.74 Å². The molecule has 0 aliphatic heterocycles. The van der Waals surface area contributed by atoms with Gasteiger partial charge in [-0.1, -0.05) is 0 Å². The van der Waals surface area contributed by atoms with Gasteiger partial charge in [0.1, 0.15) is 17.5 Å². The molecule has 0 atom stereocenters. The molecule has 6 nitrogen and oxygen atoms in total. The summed E-state index contributed by atoms with van der Waals surface area (Å²) < 4.78 is 5.29. The van der Waals surface area contributed by atoms with Gasteiger partial charge in [-0.05, 0) is 13.8 Å². The summed E-state index contributed by atoms with van der Waals surface area (Å²) in [4.78, 5) is 10.5. The highest BCUT2D eigenvalue weighted by Crippen LogP contribution is 2.13. The minimum atomic E-state index is 0.616. The Balaban J connectivity index is 2.66. The summed E-state index contributed by atoms with van der Waals surface area (Å²) in [6, 6.07) is 1.80. The van der Waals surface area contributed by atoms with Crippen LogP contribution in [0, 0.1) is 6.92 Å². The highest BCUT2D eigenvalue weighted by atomic mass is 16.5. The van der Waals surface area contributed by atoms with Gasteiger partial charge < -0.3 is 15.1 Å². The molecular formula is C10H19N5O. The fourth-order valence-electron chi connectivity index (χ4n) is 1.28. The van der Waals surface area contributed by atoms with Crippen LogP contribution in [0.15, 0.2) is 6.07 Å². The summed E-state index contributed by atoms with van der Waals surface area (Å²) in [5.74, 6) is 7.46. The maximum absolute atomic E-state index is 5.33. The van der Waals surface area contributed by atoms with Gasteiger partial charge in [0, 0.05) is 26.3 Å². The zero-order valence-corrected chi connectivity index (χ0v) is 10.0. The average Bonchev–Trinajstić information content (AvgIpc) is 2.28. The van der Waals surface area contributed by atoms with E-state index in [1.807, 2.05) is 25.8 Å². The van der Waals surface area contributed by atoms with Gasteiger partial charge in [0.25, 0.3) is 0 Å². The monoisotopic (exact) mass is 225 g/mol. The number of nitrogen functional groups attached to an aromatic ring is 1. The van der Waals surface area contributed by atoms with Crippen LogP contribution in [0.5, 0.6) is 0 Å². The Labute approximate surface area is 95.8 Å². The number of likely N-dealkylation sites (N-methyl/N-ethyl adjacent to an activating group) is 1. The summed E-state index contributed by atoms with van der Waals surface area (Å²) in [7, 11) is 1.96. The Bertz CT molecular complexity index is 331. The molecule has 0 radical (unpaired) electrons. The minimum Gasteiger partial charge on any atom is -0.380 e. The lowest BCUT2D eigenvalue weighted by Gasteiger charge is -2.18. The lowest BCUT2D eigenvalue weighted by molar-refractivity contribution is 0.154. The molecule has 3 N–H and O–H groups in total. The molecule has 0 bridgehead atoms. The standard InChI is InChI=1S/C10H19N5O/c1-4-16-6-5-15(3)10-7-9(14-11)12-8(2)13-10/h7H,4-6,11H2,1-3H3,(H,12,13,14). The number of hydrogen-bond acceptors (Lipinski definition) is 6. The summed E-state index contributed by atoms with van der Waals surface area (Å²) in [6.07, 6.45) is 0. The van der Waals surface area contributed by atoms with Crippen LogP contribution in [0.1, 0.15) is 12.7 Å². The van der Waals surface area contributed by atoms with Gasteiger partial charge in [-0.3, -0.25) is 0 Å². The van der Waals surface area contributed by atoms with Crippen molar-refractivity contribution in [3.63, 3.8) is 0 Å². The third kappa shape index (κ3) is 3.63. The van der Waals surface area contributed by atoms with Gasteiger partial charge in [-0.15, -0.1) is 0 Å². The van der Waals surface area contributed by atoms with E-state index in [0.717, 1.165) is 19.0 Å². The molecular weight excluding hydrogens is 206 g/mol. The van der Waals surface area contributed by atoms with Crippen LogP contribution >= 0.6 is 0 Å². The normalized spacial score (nSPS) is 10.2. The Kier molecular flexibility index (Phi) is 4.94. The minimum absolute atomic E-state index is 0.616. The molecule has 16 heavy (non-hydrogen) atoms. The lowest BCUT2D eigenvalue weighted by atomic mass is 10.4. The Morgan fingerprint density at radius 1 is 1.50 bits per heavy atom. The first-order valence-electron chi connectivity index (χ1n) is 5.28. The van der Waals surface area contributed by atoms with Crippen LogP contribution in [0.4, 0.5) is 11.6 Å². The number of nitrogens with one attached hydrogen (secondary N) is 1. The molecule has 0 aliphatic rings. The quantitative estimate of drug-likeness (QED) is 0.418. The molecule has 1 heterocycles. The van der Waals surface area contributed by atoms with Crippen LogP contribution < -0.4 is 16.2 Å². The SMILES string of the molecule is CCOCCN(C)c1cc(NN)nc(C)n1. The fourth-order valence-corrected chi connectivity index (χ4v) is 1.28. The van der Waals surface area contributed by atoms with Gasteiger partial charge in [-0.25, -0.2) is 15.8 Å². The zero-order chi connectivity index (χ0) is 12.0. The van der Waals surface area contributed by atoms with Crippen molar-refractivity contribution in [2.75, 3.05) is 37.1 Å². The van der Waals surface area contributed by atoms with Crippen LogP contribution in [0.2, 0.25) is 0 Å². The highest BCUT2D eigenvalue weighted by Gasteiger charge is 2.05. The first kappa shape index (κ1) is 12.7. The Morgan fingerprint density at radius 3 is 2.88 bits per heavy atom. The van der Waals surface area contributed by atoms with Crippen molar-refractivity contribution in [3.8, 4) is 0 Å². The van der Waals surface area contributed by atoms with Crippen LogP contribution in [-0.2, 0) is 4.74 Å². The first-order chi connectivity index (χ1) is 7.67. The smallest absolute Gasteiger partial charge is 0.145 e. The molecule has 90 valence electrons. The van der Waals surface area contributed by atoms with E-state index in [1.165, 1.54) is 0 Å². The van der Waals surface area contributed by atoms with E-state index < -0.39 is 0 Å². The summed E-state index contributed by atoms with van der Waals surface area (Å²) in [6.45, 7) is 6.01. The van der Waals surface area contributed by atoms with E-state index in [1.54, 1.807) is 6.07 Å². The van der Waals surface area contributed by atoms with Gasteiger partial charge in [0.15, 0.2) is 0 Å². The molecule has 0 aromatic carbocycles. The van der Waals surface area contributed by atoms with Crippen molar-refractivity contribution >= 4 is 11.6 Å². The molecule has 0 fully saturated rings. The van der Waals surface area contributed by atoms with Crippen LogP contribution in [0.25, 0.3) is 0 Å². The summed E-state index contributed by atoms with van der Waals surface area (Å²) in [5, 5.41) is 0. The number of ether oxygens (including phenoxy) is 1. The van der Waals surface area contributed by atoms with Crippen molar-refractivity contribution in [1.82, 2.24) is 9.97 Å². The molecule has 0 unspecified atom stereocenters. The predicted molar refractivity (Wildman–Crippen MR) is 64.3 cm³/mol. The Morgan fingerprint density at radius 2 is 2.25 bits per heavy atom. The molecule has 1 aromatic heterocycles. The number of aryl methyl sites for hydroxylation is 1. The number of rotatable bonds is 6. The largest absolute Gasteiger partial charge is 0.380 e. The second kappa shape index (κ2) is 6.24. The average molecular weight is 225 g/mol. The third-order valence-corrected chi connectivity index (χ3v) is 2.14. The molecule has 1 rings (SSSR count). The lowest BCUT2D eigenvalue weighted by Crippen LogP contribution is -2.24. The number of nitrogens with zero attached hydrogens (tertiary/aromatic N) is 3. The second-order valence-corrected chi connectivity index (χ2v) is 3.42. The number of aromatic nitrogens is 2. The highest BCUT2D eigenvalue weighted by molar-refractivity contribution is 5.48. The topological polar surface area (TPSA) is 76.3 Å². The molecule has 1 aromatic rings. The van der Waals surface area contributed by atoms with Crippen LogP contribution in [-0.4, -0.2) is 36.8 Å². The zero-order valence-electron chi connectivity index (χ0n) is 10.0. The fraction of sp³-hybridized carbons (Fsp3) is 0.600. The van der Waals surface area contributed by atoms with E-state index in [0.29, 0.717) is 18.2 Å².